The summed E-state index contributed by atoms with van der Waals surface area (Å²) in [5.41, 5.74) is 0.0597. The number of nitrogens with one attached hydrogen (secondary N) is 1. The molecule has 2 amide bonds. The van der Waals surface area contributed by atoms with Crippen LogP contribution in [-0.4, -0.2) is 48.4 Å². The highest BCUT2D eigenvalue weighted by molar-refractivity contribution is 5.92. The number of nitrogens with zero attached hydrogens (tertiary/aromatic N) is 1. The first-order chi connectivity index (χ1) is 11.0. The van der Waals surface area contributed by atoms with Crippen LogP contribution in [0.15, 0.2) is 0 Å². The van der Waals surface area contributed by atoms with E-state index in [1.54, 1.807) is 18.7 Å². The maximum absolute atomic E-state index is 13.1. The minimum atomic E-state index is -0.618. The molecule has 0 unspecified atom stereocenters. The number of amides is 2. The van der Waals surface area contributed by atoms with Crippen molar-refractivity contribution in [2.75, 3.05) is 13.7 Å². The van der Waals surface area contributed by atoms with Gasteiger partial charge >= 0.3 is 5.97 Å². The predicted octanol–water partition coefficient (Wildman–Crippen LogP) is 1.44. The first-order valence-electron chi connectivity index (χ1n) is 8.72. The molecule has 0 aromatic heterocycles. The van der Waals surface area contributed by atoms with Crippen molar-refractivity contribution in [3.8, 4) is 0 Å². The van der Waals surface area contributed by atoms with Crippen LogP contribution in [0.5, 0.6) is 0 Å². The zero-order valence-corrected chi connectivity index (χ0v) is 15.8. The van der Waals surface area contributed by atoms with E-state index in [0.29, 0.717) is 12.5 Å². The lowest BCUT2D eigenvalue weighted by Gasteiger charge is -2.33. The number of ether oxygens (including phenoxy) is 1. The molecule has 136 valence electrons. The maximum Gasteiger partial charge on any atom is 0.328 e. The van der Waals surface area contributed by atoms with Gasteiger partial charge in [0.05, 0.1) is 7.11 Å². The van der Waals surface area contributed by atoms with Gasteiger partial charge in [0.1, 0.15) is 12.1 Å². The fraction of sp³-hybridized carbons (Fsp3) is 0.833. The third-order valence-electron chi connectivity index (χ3n) is 5.69. The molecule has 2 rings (SSSR count). The van der Waals surface area contributed by atoms with Gasteiger partial charge in [0.2, 0.25) is 11.8 Å². The van der Waals surface area contributed by atoms with Crippen LogP contribution >= 0.6 is 0 Å². The van der Waals surface area contributed by atoms with E-state index in [0.717, 1.165) is 0 Å². The molecule has 1 saturated carbocycles. The summed E-state index contributed by atoms with van der Waals surface area (Å²) in [5.74, 6) is -0.482. The third kappa shape index (κ3) is 3.03. The zero-order chi connectivity index (χ0) is 18.4. The van der Waals surface area contributed by atoms with Crippen molar-refractivity contribution in [2.45, 2.75) is 53.6 Å². The van der Waals surface area contributed by atoms with Gasteiger partial charge in [-0.2, -0.15) is 0 Å². The number of fused-ring (bicyclic) bond motifs is 1. The van der Waals surface area contributed by atoms with Gasteiger partial charge in [-0.05, 0) is 17.3 Å². The molecule has 0 aromatic rings. The van der Waals surface area contributed by atoms with Crippen molar-refractivity contribution in [3.63, 3.8) is 0 Å². The van der Waals surface area contributed by atoms with Crippen molar-refractivity contribution in [3.05, 3.63) is 0 Å². The van der Waals surface area contributed by atoms with Crippen molar-refractivity contribution >= 4 is 17.8 Å². The number of rotatable bonds is 5. The van der Waals surface area contributed by atoms with Gasteiger partial charge in [0.25, 0.3) is 0 Å². The van der Waals surface area contributed by atoms with Crippen LogP contribution in [0, 0.1) is 29.1 Å². The van der Waals surface area contributed by atoms with Gasteiger partial charge in [0, 0.05) is 18.4 Å². The summed E-state index contributed by atoms with van der Waals surface area (Å²) >= 11 is 0. The van der Waals surface area contributed by atoms with Gasteiger partial charge in [-0.15, -0.1) is 0 Å². The second kappa shape index (κ2) is 6.37. The number of likely N-dealkylation sites (tertiary alicyclic amines) is 1. The Labute approximate surface area is 144 Å². The molecule has 0 spiro atoms. The lowest BCUT2D eigenvalue weighted by atomic mass is 9.97. The smallest absolute Gasteiger partial charge is 0.328 e. The summed E-state index contributed by atoms with van der Waals surface area (Å²) in [6.45, 7) is 12.2. The lowest BCUT2D eigenvalue weighted by Crippen LogP contribution is -2.56. The fourth-order valence-corrected chi connectivity index (χ4v) is 3.92. The van der Waals surface area contributed by atoms with Crippen LogP contribution in [0.25, 0.3) is 0 Å². The Morgan fingerprint density at radius 3 is 2.21 bits per heavy atom. The molecule has 6 nitrogen and oxygen atoms in total. The standard InChI is InChI=1S/C18H30N2O4/c1-9(2)13(19-15(21)10(3)4)16(22)20-8-11-12(18(11,5)6)14(20)17(23)24-7/h9-14H,8H2,1-7H3,(H,19,21)/t11-,12-,13-,14-/m0/s1. The molecule has 1 aliphatic carbocycles. The van der Waals surface area contributed by atoms with E-state index in [1.165, 1.54) is 7.11 Å². The highest BCUT2D eigenvalue weighted by atomic mass is 16.5. The molecule has 6 heteroatoms. The van der Waals surface area contributed by atoms with Crippen molar-refractivity contribution < 1.29 is 19.1 Å². The summed E-state index contributed by atoms with van der Waals surface area (Å²) in [5, 5.41) is 2.84. The van der Waals surface area contributed by atoms with Crippen LogP contribution in [0.1, 0.15) is 41.5 Å². The van der Waals surface area contributed by atoms with Crippen molar-refractivity contribution in [1.82, 2.24) is 10.2 Å². The first-order valence-corrected chi connectivity index (χ1v) is 8.72. The van der Waals surface area contributed by atoms with Crippen molar-refractivity contribution in [2.24, 2.45) is 29.1 Å². The lowest BCUT2D eigenvalue weighted by molar-refractivity contribution is -0.154. The Kier molecular flexibility index (Phi) is 4.98. The Balaban J connectivity index is 2.20. The fourth-order valence-electron chi connectivity index (χ4n) is 3.92. The first kappa shape index (κ1) is 18.7. The largest absolute Gasteiger partial charge is 0.467 e. The Morgan fingerprint density at radius 1 is 1.17 bits per heavy atom. The molecule has 0 bridgehead atoms. The van der Waals surface area contributed by atoms with E-state index in [1.807, 2.05) is 13.8 Å². The SMILES string of the molecule is COC(=O)[C@@H]1[C@@H]2[C@H](CN1C(=O)[C@@H](NC(=O)C(C)C)C(C)C)C2(C)C. The van der Waals surface area contributed by atoms with E-state index in [4.69, 9.17) is 4.74 Å². The topological polar surface area (TPSA) is 75.7 Å². The van der Waals surface area contributed by atoms with Gasteiger partial charge in [-0.25, -0.2) is 4.79 Å². The maximum atomic E-state index is 13.1. The van der Waals surface area contributed by atoms with Gasteiger partial charge < -0.3 is 15.0 Å². The van der Waals surface area contributed by atoms with Crippen LogP contribution < -0.4 is 5.32 Å². The van der Waals surface area contributed by atoms with Crippen LogP contribution in [0.2, 0.25) is 0 Å². The predicted molar refractivity (Wildman–Crippen MR) is 89.9 cm³/mol. The van der Waals surface area contributed by atoms with E-state index in [9.17, 15) is 14.4 Å². The zero-order valence-electron chi connectivity index (χ0n) is 15.8. The second-order valence-corrected chi connectivity index (χ2v) is 8.30. The van der Waals surface area contributed by atoms with E-state index in [-0.39, 0.29) is 41.0 Å². The molecule has 2 fully saturated rings. The van der Waals surface area contributed by atoms with E-state index < -0.39 is 12.1 Å². The van der Waals surface area contributed by atoms with Crippen LogP contribution in [0.3, 0.4) is 0 Å². The molecule has 1 saturated heterocycles. The molecular formula is C18H30N2O4. The molecule has 0 radical (unpaired) electrons. The molecule has 1 heterocycles. The van der Waals surface area contributed by atoms with E-state index >= 15 is 0 Å². The number of hydrogen-bond donors (Lipinski definition) is 1. The third-order valence-corrected chi connectivity index (χ3v) is 5.69. The van der Waals surface area contributed by atoms with Crippen molar-refractivity contribution in [1.29, 1.82) is 0 Å². The highest BCUT2D eigenvalue weighted by Gasteiger charge is 2.70. The Bertz CT molecular complexity index is 541. The molecule has 0 aromatic carbocycles. The number of piperidine rings is 1. The number of methoxy groups -OCH3 is 1. The Hall–Kier alpha value is -1.59. The minimum absolute atomic E-state index is 0.0524. The van der Waals surface area contributed by atoms with E-state index in [2.05, 4.69) is 19.2 Å². The molecule has 1 aliphatic heterocycles. The summed E-state index contributed by atoms with van der Waals surface area (Å²) in [4.78, 5) is 39.0. The monoisotopic (exact) mass is 338 g/mol. The minimum Gasteiger partial charge on any atom is -0.467 e. The van der Waals surface area contributed by atoms with Crippen LogP contribution in [0.4, 0.5) is 0 Å². The van der Waals surface area contributed by atoms with Gasteiger partial charge in [0.15, 0.2) is 0 Å². The highest BCUT2D eigenvalue weighted by Crippen LogP contribution is 2.65. The average molecular weight is 338 g/mol. The van der Waals surface area contributed by atoms with Gasteiger partial charge in [-0.3, -0.25) is 9.59 Å². The number of carbonyl (C=O) groups is 3. The second-order valence-electron chi connectivity index (χ2n) is 8.30. The molecule has 4 atom stereocenters. The number of hydrogen-bond acceptors (Lipinski definition) is 4. The van der Waals surface area contributed by atoms with Gasteiger partial charge in [-0.1, -0.05) is 41.5 Å². The average Bonchev–Trinajstić information content (AvgIpc) is 2.88. The normalized spacial score (nSPS) is 28.5. The van der Waals surface area contributed by atoms with Crippen LogP contribution in [-0.2, 0) is 19.1 Å². The summed E-state index contributed by atoms with van der Waals surface area (Å²) < 4.78 is 4.94. The molecule has 24 heavy (non-hydrogen) atoms. The molecular weight excluding hydrogens is 308 g/mol. The number of carbonyl (C=O) groups excluding carboxylic acids is 3. The quantitative estimate of drug-likeness (QED) is 0.770. The summed E-state index contributed by atoms with van der Waals surface area (Å²) in [6.07, 6.45) is 0. The summed E-state index contributed by atoms with van der Waals surface area (Å²) in [6, 6.07) is -1.16. The molecule has 2 aliphatic rings. The summed E-state index contributed by atoms with van der Waals surface area (Å²) in [7, 11) is 1.36. The Morgan fingerprint density at radius 2 is 1.75 bits per heavy atom. The number of esters is 1. The molecule has 1 N–H and O–H groups in total.